The fourth-order valence-corrected chi connectivity index (χ4v) is 2.60. The maximum absolute atomic E-state index is 12.5. The van der Waals surface area contributed by atoms with Crippen LogP contribution in [0.4, 0.5) is 5.69 Å². The summed E-state index contributed by atoms with van der Waals surface area (Å²) >= 11 is 0. The summed E-state index contributed by atoms with van der Waals surface area (Å²) in [7, 11) is 0. The molecule has 0 unspecified atom stereocenters. The van der Waals surface area contributed by atoms with Crippen LogP contribution in [0.2, 0.25) is 0 Å². The molecule has 134 valence electrons. The van der Waals surface area contributed by atoms with Gasteiger partial charge in [0.15, 0.2) is 0 Å². The number of rotatable bonds is 6. The van der Waals surface area contributed by atoms with Gasteiger partial charge in [-0.3, -0.25) is 14.2 Å². The number of anilines is 1. The Morgan fingerprint density at radius 2 is 2.00 bits per heavy atom. The van der Waals surface area contributed by atoms with Gasteiger partial charge in [0.2, 0.25) is 5.91 Å². The van der Waals surface area contributed by atoms with Crippen molar-refractivity contribution in [3.8, 4) is 11.8 Å². The maximum Gasteiger partial charge on any atom is 0.331 e. The monoisotopic (exact) mass is 354 g/mol. The first-order chi connectivity index (χ1) is 12.5. The van der Waals surface area contributed by atoms with Gasteiger partial charge in [0.1, 0.15) is 23.9 Å². The summed E-state index contributed by atoms with van der Waals surface area (Å²) in [6.07, 6.45) is 2.92. The fourth-order valence-electron chi connectivity index (χ4n) is 2.60. The molecular formula is C18H18N4O4. The minimum Gasteiger partial charge on any atom is -0.494 e. The van der Waals surface area contributed by atoms with Crippen molar-refractivity contribution < 1.29 is 9.53 Å². The smallest absolute Gasteiger partial charge is 0.331 e. The highest BCUT2D eigenvalue weighted by atomic mass is 16.5. The number of benzene rings is 1. The average molecular weight is 354 g/mol. The van der Waals surface area contributed by atoms with E-state index < -0.39 is 23.7 Å². The van der Waals surface area contributed by atoms with Gasteiger partial charge in [-0.1, -0.05) is 0 Å². The number of hydrogen-bond acceptors (Lipinski definition) is 5. The Morgan fingerprint density at radius 1 is 1.31 bits per heavy atom. The van der Waals surface area contributed by atoms with Gasteiger partial charge in [-0.2, -0.15) is 5.26 Å². The number of nitriles is 1. The Balaban J connectivity index is 1.81. The second-order valence-corrected chi connectivity index (χ2v) is 5.97. The normalized spacial score (nSPS) is 13.1. The first-order valence-corrected chi connectivity index (χ1v) is 8.32. The van der Waals surface area contributed by atoms with Gasteiger partial charge in [0.05, 0.1) is 6.61 Å². The summed E-state index contributed by atoms with van der Waals surface area (Å²) in [6.45, 7) is 1.96. The molecule has 26 heavy (non-hydrogen) atoms. The molecule has 1 aliphatic rings. The third kappa shape index (κ3) is 3.67. The fraction of sp³-hybridized carbons (Fsp3) is 0.333. The van der Waals surface area contributed by atoms with Crippen LogP contribution in [-0.2, 0) is 11.3 Å². The highest BCUT2D eigenvalue weighted by Crippen LogP contribution is 2.33. The van der Waals surface area contributed by atoms with Crippen molar-refractivity contribution in [2.45, 2.75) is 32.4 Å². The van der Waals surface area contributed by atoms with E-state index in [9.17, 15) is 14.4 Å². The van der Waals surface area contributed by atoms with Crippen molar-refractivity contribution in [3.63, 3.8) is 0 Å². The number of amides is 1. The maximum atomic E-state index is 12.5. The second-order valence-electron chi connectivity index (χ2n) is 5.97. The van der Waals surface area contributed by atoms with Gasteiger partial charge in [0.25, 0.3) is 5.56 Å². The van der Waals surface area contributed by atoms with Crippen LogP contribution in [0.25, 0.3) is 0 Å². The van der Waals surface area contributed by atoms with Crippen molar-refractivity contribution in [3.05, 3.63) is 56.9 Å². The number of nitrogens with zero attached hydrogens (tertiary/aromatic N) is 3. The molecule has 0 spiro atoms. The molecule has 1 aromatic carbocycles. The standard InChI is InChI=1S/C18H18N4O4/c1-2-26-15-7-3-13(4-8-15)20-16(23)11-22-17(24)12(9-19)10-21(18(22)25)14-5-6-14/h3-4,7-8,10,14H,2,5-6,11H2,1H3,(H,20,23). The zero-order valence-electron chi connectivity index (χ0n) is 14.3. The van der Waals surface area contributed by atoms with Crippen LogP contribution in [0.15, 0.2) is 40.1 Å². The molecule has 0 bridgehead atoms. The molecule has 0 atom stereocenters. The molecule has 1 saturated carbocycles. The Kier molecular flexibility index (Phi) is 4.89. The highest BCUT2D eigenvalue weighted by Gasteiger charge is 2.27. The van der Waals surface area contributed by atoms with E-state index in [2.05, 4.69) is 5.32 Å². The van der Waals surface area contributed by atoms with Crippen molar-refractivity contribution in [2.75, 3.05) is 11.9 Å². The molecule has 0 saturated heterocycles. The van der Waals surface area contributed by atoms with Gasteiger partial charge < -0.3 is 10.1 Å². The van der Waals surface area contributed by atoms with Crippen LogP contribution in [0.1, 0.15) is 31.4 Å². The van der Waals surface area contributed by atoms with E-state index >= 15 is 0 Å². The number of ether oxygens (including phenoxy) is 1. The molecule has 0 radical (unpaired) electrons. The summed E-state index contributed by atoms with van der Waals surface area (Å²) in [6, 6.07) is 8.54. The lowest BCUT2D eigenvalue weighted by Crippen LogP contribution is -2.43. The lowest BCUT2D eigenvalue weighted by molar-refractivity contribution is -0.116. The number of carbonyl (C=O) groups excluding carboxylic acids is 1. The van der Waals surface area contributed by atoms with Crippen LogP contribution < -0.4 is 21.3 Å². The summed E-state index contributed by atoms with van der Waals surface area (Å²) < 4.78 is 7.50. The quantitative estimate of drug-likeness (QED) is 0.840. The molecule has 1 aliphatic carbocycles. The van der Waals surface area contributed by atoms with Crippen LogP contribution in [0, 0.1) is 11.3 Å². The number of hydrogen-bond donors (Lipinski definition) is 1. The van der Waals surface area contributed by atoms with Crippen molar-refractivity contribution >= 4 is 11.6 Å². The lowest BCUT2D eigenvalue weighted by atomic mass is 10.3. The summed E-state index contributed by atoms with van der Waals surface area (Å²) in [4.78, 5) is 37.0. The van der Waals surface area contributed by atoms with Crippen LogP contribution in [-0.4, -0.2) is 21.6 Å². The van der Waals surface area contributed by atoms with Gasteiger partial charge in [-0.25, -0.2) is 9.36 Å². The largest absolute Gasteiger partial charge is 0.494 e. The zero-order valence-corrected chi connectivity index (χ0v) is 14.3. The third-order valence-corrected chi connectivity index (χ3v) is 4.01. The summed E-state index contributed by atoms with van der Waals surface area (Å²) in [5, 5.41) is 11.7. The minimum absolute atomic E-state index is 0.00405. The number of carbonyl (C=O) groups is 1. The molecule has 8 nitrogen and oxygen atoms in total. The van der Waals surface area contributed by atoms with Crippen LogP contribution in [0.3, 0.4) is 0 Å². The third-order valence-electron chi connectivity index (χ3n) is 4.01. The van der Waals surface area contributed by atoms with Crippen molar-refractivity contribution in [1.82, 2.24) is 9.13 Å². The van der Waals surface area contributed by atoms with E-state index in [1.165, 1.54) is 10.8 Å². The topological polar surface area (TPSA) is 106 Å². The zero-order chi connectivity index (χ0) is 18.7. The van der Waals surface area contributed by atoms with Gasteiger partial charge in [-0.05, 0) is 44.0 Å². The van der Waals surface area contributed by atoms with Crippen molar-refractivity contribution in [1.29, 1.82) is 5.26 Å². The Bertz CT molecular complexity index is 978. The number of nitrogens with one attached hydrogen (secondary N) is 1. The first-order valence-electron chi connectivity index (χ1n) is 8.32. The summed E-state index contributed by atoms with van der Waals surface area (Å²) in [5.74, 6) is 0.154. The summed E-state index contributed by atoms with van der Waals surface area (Å²) in [5.41, 5.74) is -0.953. The van der Waals surface area contributed by atoms with Gasteiger partial charge in [-0.15, -0.1) is 0 Å². The minimum atomic E-state index is -0.753. The molecule has 3 rings (SSSR count). The molecule has 1 amide bonds. The molecule has 8 heteroatoms. The molecule has 0 aliphatic heterocycles. The predicted octanol–water partition coefficient (Wildman–Crippen LogP) is 1.25. The molecular weight excluding hydrogens is 336 g/mol. The van der Waals surface area contributed by atoms with E-state index in [0.717, 1.165) is 17.4 Å². The SMILES string of the molecule is CCOc1ccc(NC(=O)Cn2c(=O)c(C#N)cn(C3CC3)c2=O)cc1. The van der Waals surface area contributed by atoms with Gasteiger partial charge >= 0.3 is 5.69 Å². The molecule has 2 aromatic rings. The molecule has 1 fully saturated rings. The lowest BCUT2D eigenvalue weighted by Gasteiger charge is -2.11. The Labute approximate surface area is 149 Å². The van der Waals surface area contributed by atoms with E-state index in [-0.39, 0.29) is 11.6 Å². The Morgan fingerprint density at radius 3 is 2.58 bits per heavy atom. The average Bonchev–Trinajstić information content (AvgIpc) is 3.46. The van der Waals surface area contributed by atoms with E-state index in [4.69, 9.17) is 10.00 Å². The molecule has 1 aromatic heterocycles. The van der Waals surface area contributed by atoms with E-state index in [1.54, 1.807) is 30.3 Å². The van der Waals surface area contributed by atoms with E-state index in [1.807, 2.05) is 6.92 Å². The van der Waals surface area contributed by atoms with Gasteiger partial charge in [0, 0.05) is 17.9 Å². The second kappa shape index (κ2) is 7.27. The molecule has 1 N–H and O–H groups in total. The van der Waals surface area contributed by atoms with E-state index in [0.29, 0.717) is 18.0 Å². The van der Waals surface area contributed by atoms with Crippen LogP contribution in [0.5, 0.6) is 5.75 Å². The first kappa shape index (κ1) is 17.5. The number of aromatic nitrogens is 2. The highest BCUT2D eigenvalue weighted by molar-refractivity contribution is 5.90. The van der Waals surface area contributed by atoms with Crippen LogP contribution >= 0.6 is 0 Å². The molecule has 1 heterocycles. The van der Waals surface area contributed by atoms with Crippen molar-refractivity contribution in [2.24, 2.45) is 0 Å². The predicted molar refractivity (Wildman–Crippen MR) is 94.2 cm³/mol. The Hall–Kier alpha value is -3.34.